The molecule has 0 heterocycles. The number of hydrogen-bond acceptors (Lipinski definition) is 3. The number of carbonyl (C=O) groups is 2. The molecule has 0 aliphatic heterocycles. The molecule has 0 aliphatic carbocycles. The summed E-state index contributed by atoms with van der Waals surface area (Å²) < 4.78 is 0. The third kappa shape index (κ3) is 5.95. The van der Waals surface area contributed by atoms with Gasteiger partial charge in [0.25, 0.3) is 5.91 Å². The van der Waals surface area contributed by atoms with E-state index in [2.05, 4.69) is 16.0 Å². The van der Waals surface area contributed by atoms with E-state index >= 15 is 0 Å². The van der Waals surface area contributed by atoms with Gasteiger partial charge in [0.05, 0.1) is 12.6 Å². The molecule has 0 aliphatic rings. The molecular weight excluding hydrogens is 314 g/mol. The van der Waals surface area contributed by atoms with Crippen molar-refractivity contribution in [1.29, 1.82) is 0 Å². The molecule has 5 nitrogen and oxygen atoms in total. The SMILES string of the molecule is CC(C)NC(=O)CNc1ccc(C(=O)NC(C)c2ccccc2)cc1. The van der Waals surface area contributed by atoms with Crippen molar-refractivity contribution in [3.63, 3.8) is 0 Å². The molecule has 0 spiro atoms. The Morgan fingerprint density at radius 1 is 0.880 bits per heavy atom. The molecule has 3 N–H and O–H groups in total. The van der Waals surface area contributed by atoms with Gasteiger partial charge in [-0.05, 0) is 50.6 Å². The first-order valence-electron chi connectivity index (χ1n) is 8.45. The Balaban J connectivity index is 1.88. The van der Waals surface area contributed by atoms with Crippen LogP contribution in [0.4, 0.5) is 5.69 Å². The van der Waals surface area contributed by atoms with Crippen molar-refractivity contribution in [2.45, 2.75) is 32.9 Å². The number of nitrogens with one attached hydrogen (secondary N) is 3. The minimum atomic E-state index is -0.125. The standard InChI is InChI=1S/C20H25N3O2/c1-14(2)22-19(24)13-21-18-11-9-17(10-12-18)20(25)23-15(3)16-7-5-4-6-8-16/h4-12,14-15,21H,13H2,1-3H3,(H,22,24)(H,23,25). The van der Waals surface area contributed by atoms with Crippen molar-refractivity contribution in [1.82, 2.24) is 10.6 Å². The van der Waals surface area contributed by atoms with Crippen LogP contribution in [0.15, 0.2) is 54.6 Å². The highest BCUT2D eigenvalue weighted by Crippen LogP contribution is 2.14. The smallest absolute Gasteiger partial charge is 0.251 e. The van der Waals surface area contributed by atoms with Crippen molar-refractivity contribution >= 4 is 17.5 Å². The Kier molecular flexibility index (Phi) is 6.57. The average Bonchev–Trinajstić information content (AvgIpc) is 2.60. The summed E-state index contributed by atoms with van der Waals surface area (Å²) in [6.07, 6.45) is 0. The van der Waals surface area contributed by atoms with E-state index in [0.29, 0.717) is 5.56 Å². The zero-order valence-corrected chi connectivity index (χ0v) is 14.9. The van der Waals surface area contributed by atoms with Crippen LogP contribution in [-0.2, 0) is 4.79 Å². The number of benzene rings is 2. The lowest BCUT2D eigenvalue weighted by Crippen LogP contribution is -2.34. The van der Waals surface area contributed by atoms with E-state index in [9.17, 15) is 9.59 Å². The first-order valence-corrected chi connectivity index (χ1v) is 8.45. The fourth-order valence-corrected chi connectivity index (χ4v) is 2.40. The minimum Gasteiger partial charge on any atom is -0.376 e. The van der Waals surface area contributed by atoms with Crippen LogP contribution >= 0.6 is 0 Å². The summed E-state index contributed by atoms with van der Waals surface area (Å²) in [5, 5.41) is 8.83. The van der Waals surface area contributed by atoms with Gasteiger partial charge in [0.1, 0.15) is 0 Å². The maximum absolute atomic E-state index is 12.3. The summed E-state index contributed by atoms with van der Waals surface area (Å²) in [4.78, 5) is 24.0. The van der Waals surface area contributed by atoms with Gasteiger partial charge in [-0.25, -0.2) is 0 Å². The molecule has 1 atom stereocenters. The van der Waals surface area contributed by atoms with E-state index in [1.165, 1.54) is 0 Å². The van der Waals surface area contributed by atoms with Gasteiger partial charge >= 0.3 is 0 Å². The molecule has 25 heavy (non-hydrogen) atoms. The van der Waals surface area contributed by atoms with E-state index in [-0.39, 0.29) is 30.4 Å². The number of carbonyl (C=O) groups excluding carboxylic acids is 2. The first kappa shape index (κ1) is 18.5. The molecule has 5 heteroatoms. The second-order valence-electron chi connectivity index (χ2n) is 6.26. The predicted octanol–water partition coefficient (Wildman–Crippen LogP) is 3.11. The van der Waals surface area contributed by atoms with Gasteiger partial charge in [-0.1, -0.05) is 30.3 Å². The Hall–Kier alpha value is -2.82. The summed E-state index contributed by atoms with van der Waals surface area (Å²) in [5.41, 5.74) is 2.44. The van der Waals surface area contributed by atoms with Crippen LogP contribution in [0.3, 0.4) is 0 Å². The molecule has 0 aromatic heterocycles. The fourth-order valence-electron chi connectivity index (χ4n) is 2.40. The number of amides is 2. The molecule has 2 aromatic rings. The number of rotatable bonds is 7. The maximum Gasteiger partial charge on any atom is 0.251 e. The van der Waals surface area contributed by atoms with Crippen LogP contribution in [0, 0.1) is 0 Å². The normalized spacial score (nSPS) is 11.7. The fraction of sp³-hybridized carbons (Fsp3) is 0.300. The lowest BCUT2D eigenvalue weighted by molar-refractivity contribution is -0.119. The lowest BCUT2D eigenvalue weighted by Gasteiger charge is -2.14. The van der Waals surface area contributed by atoms with Gasteiger partial charge in [-0.3, -0.25) is 9.59 Å². The summed E-state index contributed by atoms with van der Waals surface area (Å²) in [6, 6.07) is 17.0. The van der Waals surface area contributed by atoms with Crippen molar-refractivity contribution < 1.29 is 9.59 Å². The van der Waals surface area contributed by atoms with Crippen LogP contribution in [0.2, 0.25) is 0 Å². The Bertz CT molecular complexity index is 697. The molecule has 0 saturated heterocycles. The topological polar surface area (TPSA) is 70.2 Å². The number of anilines is 1. The van der Waals surface area contributed by atoms with Gasteiger partial charge in [-0.2, -0.15) is 0 Å². The van der Waals surface area contributed by atoms with E-state index in [0.717, 1.165) is 11.3 Å². The monoisotopic (exact) mass is 339 g/mol. The van der Waals surface area contributed by atoms with Gasteiger partial charge in [0.15, 0.2) is 0 Å². The third-order valence-electron chi connectivity index (χ3n) is 3.70. The summed E-state index contributed by atoms with van der Waals surface area (Å²) >= 11 is 0. The highest BCUT2D eigenvalue weighted by atomic mass is 16.2. The molecule has 2 aromatic carbocycles. The average molecular weight is 339 g/mol. The second kappa shape index (κ2) is 8.87. The van der Waals surface area contributed by atoms with Gasteiger partial charge in [-0.15, -0.1) is 0 Å². The minimum absolute atomic E-state index is 0.0616. The molecule has 0 radical (unpaired) electrons. The molecule has 0 bridgehead atoms. The summed E-state index contributed by atoms with van der Waals surface area (Å²) in [6.45, 7) is 5.99. The van der Waals surface area contributed by atoms with Crippen molar-refractivity contribution in [3.8, 4) is 0 Å². The molecule has 132 valence electrons. The van der Waals surface area contributed by atoms with Crippen LogP contribution in [-0.4, -0.2) is 24.4 Å². The Morgan fingerprint density at radius 2 is 1.52 bits per heavy atom. The van der Waals surface area contributed by atoms with Gasteiger partial charge in [0, 0.05) is 17.3 Å². The maximum atomic E-state index is 12.3. The lowest BCUT2D eigenvalue weighted by atomic mass is 10.1. The Labute approximate surface area is 148 Å². The highest BCUT2D eigenvalue weighted by Gasteiger charge is 2.11. The van der Waals surface area contributed by atoms with E-state index in [4.69, 9.17) is 0 Å². The number of hydrogen-bond donors (Lipinski definition) is 3. The molecule has 2 amide bonds. The molecular formula is C20H25N3O2. The first-order chi connectivity index (χ1) is 12.0. The van der Waals surface area contributed by atoms with Crippen molar-refractivity contribution in [2.24, 2.45) is 0 Å². The van der Waals surface area contributed by atoms with Crippen LogP contribution in [0.1, 0.15) is 42.7 Å². The van der Waals surface area contributed by atoms with Crippen LogP contribution < -0.4 is 16.0 Å². The molecule has 0 fully saturated rings. The van der Waals surface area contributed by atoms with Gasteiger partial charge < -0.3 is 16.0 Å². The van der Waals surface area contributed by atoms with Crippen molar-refractivity contribution in [3.05, 3.63) is 65.7 Å². The van der Waals surface area contributed by atoms with E-state index in [1.807, 2.05) is 51.1 Å². The predicted molar refractivity (Wildman–Crippen MR) is 101 cm³/mol. The van der Waals surface area contributed by atoms with E-state index < -0.39 is 0 Å². The van der Waals surface area contributed by atoms with Gasteiger partial charge in [0.2, 0.25) is 5.91 Å². The quantitative estimate of drug-likeness (QED) is 0.726. The zero-order chi connectivity index (χ0) is 18.2. The summed E-state index contributed by atoms with van der Waals surface area (Å²) in [5.74, 6) is -0.186. The molecule has 0 saturated carbocycles. The highest BCUT2D eigenvalue weighted by molar-refractivity contribution is 5.94. The summed E-state index contributed by atoms with van der Waals surface area (Å²) in [7, 11) is 0. The largest absolute Gasteiger partial charge is 0.376 e. The zero-order valence-electron chi connectivity index (χ0n) is 14.9. The van der Waals surface area contributed by atoms with Crippen LogP contribution in [0.5, 0.6) is 0 Å². The van der Waals surface area contributed by atoms with E-state index in [1.54, 1.807) is 24.3 Å². The van der Waals surface area contributed by atoms with Crippen molar-refractivity contribution in [2.75, 3.05) is 11.9 Å². The molecule has 2 rings (SSSR count). The Morgan fingerprint density at radius 3 is 2.12 bits per heavy atom. The third-order valence-corrected chi connectivity index (χ3v) is 3.70. The second-order valence-corrected chi connectivity index (χ2v) is 6.26. The molecule has 1 unspecified atom stereocenters. The van der Waals surface area contributed by atoms with Crippen LogP contribution in [0.25, 0.3) is 0 Å².